The van der Waals surface area contributed by atoms with Crippen LogP contribution in [0, 0.1) is 5.92 Å². The van der Waals surface area contributed by atoms with Crippen LogP contribution < -0.4 is 0 Å². The quantitative estimate of drug-likeness (QED) is 0.666. The van der Waals surface area contributed by atoms with Crippen molar-refractivity contribution in [1.82, 2.24) is 14.9 Å². The van der Waals surface area contributed by atoms with Crippen molar-refractivity contribution in [3.05, 3.63) is 18.0 Å². The molecule has 1 aromatic heterocycles. The van der Waals surface area contributed by atoms with Crippen LogP contribution in [0.15, 0.2) is 17.6 Å². The number of hydrogen-bond donors (Lipinski definition) is 1. The second-order valence-electron chi connectivity index (χ2n) is 4.93. The molecular weight excluding hydrogens is 246 g/mol. The molecule has 1 aliphatic rings. The van der Waals surface area contributed by atoms with Gasteiger partial charge in [0.15, 0.2) is 5.16 Å². The number of aliphatic hydroxyl groups is 1. The minimum absolute atomic E-state index is 0.170. The second kappa shape index (κ2) is 6.50. The van der Waals surface area contributed by atoms with Crippen LogP contribution in [0.3, 0.4) is 0 Å². The molecule has 1 aliphatic heterocycles. The summed E-state index contributed by atoms with van der Waals surface area (Å²) in [7, 11) is 0. The van der Waals surface area contributed by atoms with E-state index in [1.54, 1.807) is 11.8 Å². The second-order valence-corrected chi connectivity index (χ2v) is 5.71. The van der Waals surface area contributed by atoms with Crippen molar-refractivity contribution in [2.24, 2.45) is 5.92 Å². The first-order valence-electron chi connectivity index (χ1n) is 6.44. The van der Waals surface area contributed by atoms with Crippen LogP contribution in [-0.2, 0) is 6.54 Å². The molecule has 0 spiro atoms. The van der Waals surface area contributed by atoms with E-state index in [1.165, 1.54) is 5.56 Å². The van der Waals surface area contributed by atoms with E-state index < -0.39 is 0 Å². The van der Waals surface area contributed by atoms with Gasteiger partial charge in [-0.15, -0.1) is 0 Å². The van der Waals surface area contributed by atoms with E-state index in [4.69, 9.17) is 0 Å². The SMILES string of the molecule is CSc1ncc(CN2CCC([C@H](C)O)CC2)cn1. The van der Waals surface area contributed by atoms with Crippen molar-refractivity contribution >= 4 is 11.8 Å². The standard InChI is InChI=1S/C13H21N3OS/c1-10(17)12-3-5-16(6-4-12)9-11-7-14-13(18-2)15-8-11/h7-8,10,12,17H,3-6,9H2,1-2H3/t10-/m0/s1. The number of aromatic nitrogens is 2. The molecule has 0 saturated carbocycles. The lowest BCUT2D eigenvalue weighted by atomic mass is 9.92. The summed E-state index contributed by atoms with van der Waals surface area (Å²) in [5, 5.41) is 10.4. The number of thioether (sulfide) groups is 1. The number of likely N-dealkylation sites (tertiary alicyclic amines) is 1. The summed E-state index contributed by atoms with van der Waals surface area (Å²) in [5.74, 6) is 0.469. The molecule has 100 valence electrons. The molecule has 1 fully saturated rings. The predicted molar refractivity (Wildman–Crippen MR) is 73.5 cm³/mol. The van der Waals surface area contributed by atoms with E-state index in [1.807, 2.05) is 25.6 Å². The number of hydrogen-bond acceptors (Lipinski definition) is 5. The Balaban J connectivity index is 1.83. The summed E-state index contributed by atoms with van der Waals surface area (Å²) in [6.07, 6.45) is 7.81. The third-order valence-electron chi connectivity index (χ3n) is 3.58. The number of nitrogens with zero attached hydrogens (tertiary/aromatic N) is 3. The predicted octanol–water partition coefficient (Wildman–Crippen LogP) is 1.79. The summed E-state index contributed by atoms with van der Waals surface area (Å²) < 4.78 is 0. The van der Waals surface area contributed by atoms with Gasteiger partial charge in [-0.25, -0.2) is 9.97 Å². The van der Waals surface area contributed by atoms with Gasteiger partial charge in [-0.3, -0.25) is 4.90 Å². The van der Waals surface area contributed by atoms with Crippen molar-refractivity contribution in [2.75, 3.05) is 19.3 Å². The van der Waals surface area contributed by atoms with E-state index in [9.17, 15) is 5.11 Å². The van der Waals surface area contributed by atoms with Gasteiger partial charge in [0.1, 0.15) is 0 Å². The smallest absolute Gasteiger partial charge is 0.187 e. The maximum absolute atomic E-state index is 9.57. The van der Waals surface area contributed by atoms with E-state index in [2.05, 4.69) is 14.9 Å². The van der Waals surface area contributed by atoms with Crippen LogP contribution in [-0.4, -0.2) is 45.4 Å². The molecule has 0 bridgehead atoms. The first kappa shape index (κ1) is 13.8. The Hall–Kier alpha value is -0.650. The molecule has 1 atom stereocenters. The first-order valence-corrected chi connectivity index (χ1v) is 7.67. The molecule has 18 heavy (non-hydrogen) atoms. The average molecular weight is 267 g/mol. The van der Waals surface area contributed by atoms with Gasteiger partial charge in [0.05, 0.1) is 6.10 Å². The molecule has 5 heteroatoms. The van der Waals surface area contributed by atoms with Gasteiger partial charge < -0.3 is 5.11 Å². The van der Waals surface area contributed by atoms with Crippen LogP contribution in [0.5, 0.6) is 0 Å². The van der Waals surface area contributed by atoms with Crippen LogP contribution in [0.1, 0.15) is 25.3 Å². The van der Waals surface area contributed by atoms with Gasteiger partial charge in [-0.1, -0.05) is 11.8 Å². The zero-order valence-electron chi connectivity index (χ0n) is 11.0. The number of aliphatic hydroxyl groups excluding tert-OH is 1. The molecule has 1 N–H and O–H groups in total. The van der Waals surface area contributed by atoms with Crippen LogP contribution in [0.2, 0.25) is 0 Å². The van der Waals surface area contributed by atoms with Crippen molar-refractivity contribution in [1.29, 1.82) is 0 Å². The van der Waals surface area contributed by atoms with Crippen molar-refractivity contribution in [3.8, 4) is 0 Å². The molecule has 0 unspecified atom stereocenters. The zero-order chi connectivity index (χ0) is 13.0. The molecule has 2 rings (SSSR count). The third kappa shape index (κ3) is 3.67. The first-order chi connectivity index (χ1) is 8.69. The van der Waals surface area contributed by atoms with Crippen molar-refractivity contribution in [3.63, 3.8) is 0 Å². The zero-order valence-corrected chi connectivity index (χ0v) is 11.9. The lowest BCUT2D eigenvalue weighted by Gasteiger charge is -2.33. The fourth-order valence-corrected chi connectivity index (χ4v) is 2.70. The Morgan fingerprint density at radius 2 is 2.00 bits per heavy atom. The van der Waals surface area contributed by atoms with E-state index in [-0.39, 0.29) is 6.10 Å². The maximum atomic E-state index is 9.57. The van der Waals surface area contributed by atoms with Gasteiger partial charge in [0.25, 0.3) is 0 Å². The average Bonchev–Trinajstić information content (AvgIpc) is 2.40. The molecule has 2 heterocycles. The van der Waals surface area contributed by atoms with Gasteiger partial charge in [0, 0.05) is 24.5 Å². The summed E-state index contributed by atoms with van der Waals surface area (Å²) in [6.45, 7) is 4.93. The highest BCUT2D eigenvalue weighted by Crippen LogP contribution is 2.21. The minimum atomic E-state index is -0.170. The molecule has 4 nitrogen and oxygen atoms in total. The summed E-state index contributed by atoms with van der Waals surface area (Å²) in [4.78, 5) is 11.0. The van der Waals surface area contributed by atoms with Gasteiger partial charge in [-0.2, -0.15) is 0 Å². The highest BCUT2D eigenvalue weighted by Gasteiger charge is 2.22. The third-order valence-corrected chi connectivity index (χ3v) is 4.16. The van der Waals surface area contributed by atoms with Gasteiger partial charge in [-0.05, 0) is 45.0 Å². The monoisotopic (exact) mass is 267 g/mol. The summed E-state index contributed by atoms with van der Waals surface area (Å²) in [6, 6.07) is 0. The minimum Gasteiger partial charge on any atom is -0.393 e. The van der Waals surface area contributed by atoms with Gasteiger partial charge >= 0.3 is 0 Å². The molecule has 0 radical (unpaired) electrons. The van der Waals surface area contributed by atoms with E-state index >= 15 is 0 Å². The van der Waals surface area contributed by atoms with Crippen molar-refractivity contribution in [2.45, 2.75) is 37.6 Å². The summed E-state index contributed by atoms with van der Waals surface area (Å²) >= 11 is 1.56. The van der Waals surface area contributed by atoms with Crippen LogP contribution in [0.4, 0.5) is 0 Å². The largest absolute Gasteiger partial charge is 0.393 e. The Labute approximate surface area is 113 Å². The topological polar surface area (TPSA) is 49.2 Å². The molecule has 1 saturated heterocycles. The number of rotatable bonds is 4. The van der Waals surface area contributed by atoms with Crippen LogP contribution >= 0.6 is 11.8 Å². The fourth-order valence-electron chi connectivity index (χ4n) is 2.38. The molecule has 1 aromatic rings. The molecule has 0 aliphatic carbocycles. The summed E-state index contributed by atoms with van der Waals surface area (Å²) in [5.41, 5.74) is 1.17. The van der Waals surface area contributed by atoms with Crippen LogP contribution in [0.25, 0.3) is 0 Å². The molecule has 0 amide bonds. The fraction of sp³-hybridized carbons (Fsp3) is 0.692. The highest BCUT2D eigenvalue weighted by atomic mass is 32.2. The molecular formula is C13H21N3OS. The lowest BCUT2D eigenvalue weighted by Crippen LogP contribution is -2.36. The normalized spacial score (nSPS) is 19.9. The van der Waals surface area contributed by atoms with Crippen molar-refractivity contribution < 1.29 is 5.11 Å². The Morgan fingerprint density at radius 1 is 1.39 bits per heavy atom. The Bertz CT molecular complexity index is 361. The van der Waals surface area contributed by atoms with E-state index in [0.29, 0.717) is 5.92 Å². The Kier molecular flexibility index (Phi) is 4.97. The van der Waals surface area contributed by atoms with Gasteiger partial charge in [0.2, 0.25) is 0 Å². The van der Waals surface area contributed by atoms with E-state index in [0.717, 1.165) is 37.6 Å². The maximum Gasteiger partial charge on any atom is 0.187 e. The Morgan fingerprint density at radius 3 is 2.50 bits per heavy atom. The molecule has 0 aromatic carbocycles. The lowest BCUT2D eigenvalue weighted by molar-refractivity contribution is 0.0694. The highest BCUT2D eigenvalue weighted by molar-refractivity contribution is 7.98. The number of piperidine rings is 1.